The largest absolute Gasteiger partial charge is 0.392 e. The Labute approximate surface area is 139 Å². The molecule has 0 aromatic carbocycles. The molecule has 3 rings (SSSR count). The molecule has 3 fully saturated rings. The summed E-state index contributed by atoms with van der Waals surface area (Å²) in [5, 5.41) is 13.1. The Morgan fingerprint density at radius 1 is 1.13 bits per heavy atom. The molecule has 0 bridgehead atoms. The van der Waals surface area contributed by atoms with E-state index in [4.69, 9.17) is 4.74 Å². The van der Waals surface area contributed by atoms with Crippen LogP contribution in [0.4, 0.5) is 0 Å². The van der Waals surface area contributed by atoms with Crippen LogP contribution in [-0.2, 0) is 9.53 Å². The third-order valence-corrected chi connectivity index (χ3v) is 6.03. The predicted octanol–water partition coefficient (Wildman–Crippen LogP) is 1.55. The minimum absolute atomic E-state index is 0.0712. The monoisotopic (exact) mass is 324 g/mol. The lowest BCUT2D eigenvalue weighted by atomic mass is 9.73. The number of rotatable bonds is 5. The first-order valence-corrected chi connectivity index (χ1v) is 9.44. The van der Waals surface area contributed by atoms with E-state index in [-0.39, 0.29) is 17.2 Å². The van der Waals surface area contributed by atoms with Crippen molar-refractivity contribution < 1.29 is 14.6 Å². The van der Waals surface area contributed by atoms with Crippen molar-refractivity contribution in [1.29, 1.82) is 0 Å². The highest BCUT2D eigenvalue weighted by Gasteiger charge is 2.37. The molecule has 5 nitrogen and oxygen atoms in total. The van der Waals surface area contributed by atoms with Gasteiger partial charge in [-0.05, 0) is 32.1 Å². The molecule has 1 heterocycles. The van der Waals surface area contributed by atoms with Gasteiger partial charge in [0.05, 0.1) is 25.2 Å². The van der Waals surface area contributed by atoms with Crippen molar-refractivity contribution in [3.8, 4) is 0 Å². The minimum Gasteiger partial charge on any atom is -0.392 e. The van der Waals surface area contributed by atoms with E-state index in [1.165, 1.54) is 32.1 Å². The molecule has 2 atom stereocenters. The molecule has 0 spiro atoms. The Morgan fingerprint density at radius 3 is 2.52 bits per heavy atom. The Bertz CT molecular complexity index is 390. The Kier molecular flexibility index (Phi) is 5.94. The number of morpholine rings is 1. The van der Waals surface area contributed by atoms with Gasteiger partial charge in [-0.3, -0.25) is 9.69 Å². The summed E-state index contributed by atoms with van der Waals surface area (Å²) in [6.45, 7) is 5.53. The second-order valence-corrected chi connectivity index (χ2v) is 7.77. The first kappa shape index (κ1) is 17.2. The number of carbonyl (C=O) groups is 1. The Hall–Kier alpha value is -0.650. The summed E-state index contributed by atoms with van der Waals surface area (Å²) in [5.74, 6) is -0.110. The highest BCUT2D eigenvalue weighted by molar-refractivity contribution is 5.79. The average molecular weight is 324 g/mol. The molecule has 2 N–H and O–H groups in total. The summed E-state index contributed by atoms with van der Waals surface area (Å²) in [6.07, 6.45) is 8.42. The van der Waals surface area contributed by atoms with Gasteiger partial charge in [0.1, 0.15) is 0 Å². The topological polar surface area (TPSA) is 61.8 Å². The van der Waals surface area contributed by atoms with E-state index in [1.54, 1.807) is 0 Å². The van der Waals surface area contributed by atoms with Gasteiger partial charge in [0.15, 0.2) is 0 Å². The smallest absolute Gasteiger partial charge is 0.225 e. The highest BCUT2D eigenvalue weighted by atomic mass is 16.5. The SMILES string of the molecule is O=C(NCC1(CN2CCOCC2)CCCCC1)C1CCCC1O. The van der Waals surface area contributed by atoms with Crippen LogP contribution in [0, 0.1) is 11.3 Å². The maximum Gasteiger partial charge on any atom is 0.225 e. The number of carbonyl (C=O) groups excluding carboxylic acids is 1. The number of ether oxygens (including phenoxy) is 1. The number of hydrogen-bond donors (Lipinski definition) is 2. The van der Waals surface area contributed by atoms with E-state index >= 15 is 0 Å². The number of amides is 1. The summed E-state index contributed by atoms with van der Waals surface area (Å²) < 4.78 is 5.46. The van der Waals surface area contributed by atoms with Gasteiger partial charge in [-0.2, -0.15) is 0 Å². The molecule has 1 amide bonds. The van der Waals surface area contributed by atoms with Crippen molar-refractivity contribution in [2.75, 3.05) is 39.4 Å². The van der Waals surface area contributed by atoms with E-state index < -0.39 is 6.10 Å². The highest BCUT2D eigenvalue weighted by Crippen LogP contribution is 2.37. The summed E-state index contributed by atoms with van der Waals surface area (Å²) in [7, 11) is 0. The lowest BCUT2D eigenvalue weighted by Crippen LogP contribution is -2.50. The van der Waals surface area contributed by atoms with Gasteiger partial charge >= 0.3 is 0 Å². The number of aliphatic hydroxyl groups is 1. The molecule has 23 heavy (non-hydrogen) atoms. The lowest BCUT2D eigenvalue weighted by Gasteiger charge is -2.42. The molecule has 2 unspecified atom stereocenters. The quantitative estimate of drug-likeness (QED) is 0.805. The third kappa shape index (κ3) is 4.46. The molecule has 0 aromatic rings. The molecule has 3 aliphatic rings. The maximum absolute atomic E-state index is 12.4. The van der Waals surface area contributed by atoms with E-state index in [0.717, 1.165) is 58.7 Å². The molecule has 0 radical (unpaired) electrons. The third-order valence-electron chi connectivity index (χ3n) is 6.03. The molecule has 2 aliphatic carbocycles. The van der Waals surface area contributed by atoms with Crippen LogP contribution in [0.2, 0.25) is 0 Å². The molecule has 2 saturated carbocycles. The molecule has 5 heteroatoms. The van der Waals surface area contributed by atoms with Crippen molar-refractivity contribution in [3.05, 3.63) is 0 Å². The van der Waals surface area contributed by atoms with Crippen LogP contribution in [0.5, 0.6) is 0 Å². The Balaban J connectivity index is 1.56. The van der Waals surface area contributed by atoms with Gasteiger partial charge in [-0.15, -0.1) is 0 Å². The number of hydrogen-bond acceptors (Lipinski definition) is 4. The molecule has 1 aliphatic heterocycles. The van der Waals surface area contributed by atoms with E-state index in [2.05, 4.69) is 10.2 Å². The van der Waals surface area contributed by atoms with Crippen LogP contribution >= 0.6 is 0 Å². The molecule has 0 aromatic heterocycles. The van der Waals surface area contributed by atoms with E-state index in [1.807, 2.05) is 0 Å². The first-order chi connectivity index (χ1) is 11.2. The van der Waals surface area contributed by atoms with Crippen LogP contribution in [0.3, 0.4) is 0 Å². The van der Waals surface area contributed by atoms with Crippen LogP contribution in [0.15, 0.2) is 0 Å². The van der Waals surface area contributed by atoms with Gasteiger partial charge in [-0.25, -0.2) is 0 Å². The van der Waals surface area contributed by atoms with Gasteiger partial charge in [-0.1, -0.05) is 19.3 Å². The van der Waals surface area contributed by atoms with Crippen LogP contribution in [-0.4, -0.2) is 61.4 Å². The normalized spacial score (nSPS) is 31.9. The van der Waals surface area contributed by atoms with Crippen molar-refractivity contribution in [1.82, 2.24) is 10.2 Å². The van der Waals surface area contributed by atoms with E-state index in [9.17, 15) is 9.90 Å². The molecular weight excluding hydrogens is 292 g/mol. The van der Waals surface area contributed by atoms with Crippen molar-refractivity contribution in [2.45, 2.75) is 57.5 Å². The zero-order valence-electron chi connectivity index (χ0n) is 14.3. The van der Waals surface area contributed by atoms with Crippen molar-refractivity contribution in [2.24, 2.45) is 11.3 Å². The lowest BCUT2D eigenvalue weighted by molar-refractivity contribution is -0.128. The van der Waals surface area contributed by atoms with Crippen LogP contribution in [0.25, 0.3) is 0 Å². The molecule has 1 saturated heterocycles. The maximum atomic E-state index is 12.4. The Morgan fingerprint density at radius 2 is 1.87 bits per heavy atom. The predicted molar refractivity (Wildman–Crippen MR) is 89.1 cm³/mol. The number of nitrogens with one attached hydrogen (secondary N) is 1. The van der Waals surface area contributed by atoms with Gasteiger partial charge in [0.2, 0.25) is 5.91 Å². The fourth-order valence-corrected chi connectivity index (χ4v) is 4.58. The zero-order valence-corrected chi connectivity index (χ0v) is 14.3. The van der Waals surface area contributed by atoms with Crippen molar-refractivity contribution >= 4 is 5.91 Å². The first-order valence-electron chi connectivity index (χ1n) is 9.44. The average Bonchev–Trinajstić information content (AvgIpc) is 3.01. The second kappa shape index (κ2) is 7.95. The van der Waals surface area contributed by atoms with Gasteiger partial charge < -0.3 is 15.2 Å². The van der Waals surface area contributed by atoms with E-state index in [0.29, 0.717) is 0 Å². The number of nitrogens with zero attached hydrogens (tertiary/aromatic N) is 1. The summed E-state index contributed by atoms with van der Waals surface area (Å²) in [4.78, 5) is 14.9. The van der Waals surface area contributed by atoms with Crippen LogP contribution < -0.4 is 5.32 Å². The molecule has 132 valence electrons. The fraction of sp³-hybridized carbons (Fsp3) is 0.944. The van der Waals surface area contributed by atoms with Crippen molar-refractivity contribution in [3.63, 3.8) is 0 Å². The zero-order chi connectivity index (χ0) is 16.1. The second-order valence-electron chi connectivity index (χ2n) is 7.77. The summed E-state index contributed by atoms with van der Waals surface area (Å²) >= 11 is 0. The van der Waals surface area contributed by atoms with Gasteiger partial charge in [0.25, 0.3) is 0 Å². The minimum atomic E-state index is -0.434. The number of aliphatic hydroxyl groups excluding tert-OH is 1. The van der Waals surface area contributed by atoms with Crippen LogP contribution in [0.1, 0.15) is 51.4 Å². The standard InChI is InChI=1S/C18H32N2O3/c21-16-6-4-5-15(16)17(22)19-13-18(7-2-1-3-8-18)14-20-9-11-23-12-10-20/h15-16,21H,1-14H2,(H,19,22). The molecular formula is C18H32N2O3. The summed E-state index contributed by atoms with van der Waals surface area (Å²) in [5.41, 5.74) is 0.217. The van der Waals surface area contributed by atoms with Gasteiger partial charge in [0, 0.05) is 31.6 Å². The fourth-order valence-electron chi connectivity index (χ4n) is 4.58. The summed E-state index contributed by atoms with van der Waals surface area (Å²) in [6, 6.07) is 0.